The summed E-state index contributed by atoms with van der Waals surface area (Å²) in [6, 6.07) is 3.70. The number of nitrogens with one attached hydrogen (secondary N) is 1. The number of hydrogen-bond acceptors (Lipinski definition) is 5. The van der Waals surface area contributed by atoms with Gasteiger partial charge in [-0.15, -0.1) is 0 Å². The van der Waals surface area contributed by atoms with Crippen molar-refractivity contribution in [3.05, 3.63) is 17.8 Å². The standard InChI is InChI=1S/C12H16N4S/c13-7-10-1-4-15-12(11(10)14)16-8-9-2-5-17-6-3-9/h1,4,9H,2-3,5-6,8,14H2,(H,15,16). The smallest absolute Gasteiger partial charge is 0.150 e. The second-order valence-electron chi connectivity index (χ2n) is 4.17. The SMILES string of the molecule is N#Cc1ccnc(NCC2CCSCC2)c1N. The zero-order chi connectivity index (χ0) is 12.1. The van der Waals surface area contributed by atoms with Gasteiger partial charge >= 0.3 is 0 Å². The predicted molar refractivity (Wildman–Crippen MR) is 71.9 cm³/mol. The highest BCUT2D eigenvalue weighted by Crippen LogP contribution is 2.24. The van der Waals surface area contributed by atoms with Gasteiger partial charge in [0.1, 0.15) is 6.07 Å². The summed E-state index contributed by atoms with van der Waals surface area (Å²) in [5.74, 6) is 3.83. The highest BCUT2D eigenvalue weighted by atomic mass is 32.2. The van der Waals surface area contributed by atoms with Crippen molar-refractivity contribution in [2.75, 3.05) is 29.1 Å². The minimum absolute atomic E-state index is 0.459. The van der Waals surface area contributed by atoms with Gasteiger partial charge in [0.05, 0.1) is 11.3 Å². The lowest BCUT2D eigenvalue weighted by Gasteiger charge is -2.22. The van der Waals surface area contributed by atoms with Crippen LogP contribution in [0.5, 0.6) is 0 Å². The largest absolute Gasteiger partial charge is 0.395 e. The van der Waals surface area contributed by atoms with Crippen LogP contribution in [0.4, 0.5) is 11.5 Å². The first-order valence-corrected chi connectivity index (χ1v) is 6.93. The Balaban J connectivity index is 1.96. The highest BCUT2D eigenvalue weighted by Gasteiger charge is 2.14. The Morgan fingerprint density at radius 3 is 3.00 bits per heavy atom. The molecule has 0 saturated carbocycles. The van der Waals surface area contributed by atoms with E-state index >= 15 is 0 Å². The van der Waals surface area contributed by atoms with E-state index < -0.39 is 0 Å². The maximum Gasteiger partial charge on any atom is 0.150 e. The van der Waals surface area contributed by atoms with E-state index in [-0.39, 0.29) is 0 Å². The predicted octanol–water partition coefficient (Wildman–Crippen LogP) is 2.09. The molecular weight excluding hydrogens is 232 g/mol. The average Bonchev–Trinajstić information content (AvgIpc) is 2.39. The molecule has 1 aromatic rings. The van der Waals surface area contributed by atoms with Crippen LogP contribution in [0.3, 0.4) is 0 Å². The Morgan fingerprint density at radius 1 is 1.53 bits per heavy atom. The van der Waals surface area contributed by atoms with Gasteiger partial charge in [0, 0.05) is 12.7 Å². The van der Waals surface area contributed by atoms with Gasteiger partial charge in [0.15, 0.2) is 5.82 Å². The highest BCUT2D eigenvalue weighted by molar-refractivity contribution is 7.99. The van der Waals surface area contributed by atoms with E-state index in [0.717, 1.165) is 6.54 Å². The lowest BCUT2D eigenvalue weighted by atomic mass is 10.0. The number of aromatic nitrogens is 1. The summed E-state index contributed by atoms with van der Waals surface area (Å²) in [5.41, 5.74) is 6.80. The first-order valence-electron chi connectivity index (χ1n) is 5.77. The van der Waals surface area contributed by atoms with Gasteiger partial charge in [0.2, 0.25) is 0 Å². The maximum absolute atomic E-state index is 8.87. The Labute approximate surface area is 106 Å². The fraction of sp³-hybridized carbons (Fsp3) is 0.500. The molecule has 90 valence electrons. The molecule has 2 heterocycles. The topological polar surface area (TPSA) is 74.7 Å². The van der Waals surface area contributed by atoms with Crippen LogP contribution in [0.1, 0.15) is 18.4 Å². The van der Waals surface area contributed by atoms with Gasteiger partial charge in [0.25, 0.3) is 0 Å². The molecule has 1 aromatic heterocycles. The summed E-state index contributed by atoms with van der Waals surface area (Å²) in [4.78, 5) is 4.18. The summed E-state index contributed by atoms with van der Waals surface area (Å²) in [7, 11) is 0. The van der Waals surface area contributed by atoms with Crippen LogP contribution in [-0.2, 0) is 0 Å². The first-order chi connectivity index (χ1) is 8.31. The number of thioether (sulfide) groups is 1. The molecule has 0 amide bonds. The molecule has 0 radical (unpaired) electrons. The fourth-order valence-corrected chi connectivity index (χ4v) is 3.11. The van der Waals surface area contributed by atoms with Crippen LogP contribution < -0.4 is 11.1 Å². The van der Waals surface area contributed by atoms with Gasteiger partial charge in [-0.25, -0.2) is 4.98 Å². The zero-order valence-corrected chi connectivity index (χ0v) is 10.5. The van der Waals surface area contributed by atoms with Gasteiger partial charge in [-0.1, -0.05) is 0 Å². The number of rotatable bonds is 3. The van der Waals surface area contributed by atoms with Crippen molar-refractivity contribution in [1.82, 2.24) is 4.98 Å². The molecule has 1 aliphatic heterocycles. The summed E-state index contributed by atoms with van der Waals surface area (Å²) < 4.78 is 0. The van der Waals surface area contributed by atoms with Crippen molar-refractivity contribution in [2.45, 2.75) is 12.8 Å². The number of nitrogen functional groups attached to an aromatic ring is 1. The van der Waals surface area contributed by atoms with E-state index in [9.17, 15) is 0 Å². The second kappa shape index (κ2) is 5.78. The Hall–Kier alpha value is -1.41. The number of nitrogens with two attached hydrogens (primary N) is 1. The van der Waals surface area contributed by atoms with E-state index in [1.54, 1.807) is 12.3 Å². The molecule has 1 fully saturated rings. The monoisotopic (exact) mass is 248 g/mol. The minimum Gasteiger partial charge on any atom is -0.395 e. The average molecular weight is 248 g/mol. The third kappa shape index (κ3) is 3.04. The molecule has 0 atom stereocenters. The van der Waals surface area contributed by atoms with Crippen LogP contribution in [0, 0.1) is 17.2 Å². The van der Waals surface area contributed by atoms with Crippen LogP contribution >= 0.6 is 11.8 Å². The van der Waals surface area contributed by atoms with E-state index in [2.05, 4.69) is 16.4 Å². The quantitative estimate of drug-likeness (QED) is 0.856. The summed E-state index contributed by atoms with van der Waals surface area (Å²) in [6.45, 7) is 0.895. The summed E-state index contributed by atoms with van der Waals surface area (Å²) in [6.07, 6.45) is 4.11. The van der Waals surface area contributed by atoms with E-state index in [0.29, 0.717) is 23.0 Å². The third-order valence-corrected chi connectivity index (χ3v) is 4.06. The van der Waals surface area contributed by atoms with Crippen molar-refractivity contribution in [3.8, 4) is 6.07 Å². The Bertz CT molecular complexity index is 421. The molecule has 3 N–H and O–H groups in total. The number of hydrogen-bond donors (Lipinski definition) is 2. The Morgan fingerprint density at radius 2 is 2.29 bits per heavy atom. The van der Waals surface area contributed by atoms with Crippen molar-refractivity contribution in [3.63, 3.8) is 0 Å². The lowest BCUT2D eigenvalue weighted by molar-refractivity contribution is 0.515. The number of pyridine rings is 1. The number of nitriles is 1. The molecule has 5 heteroatoms. The van der Waals surface area contributed by atoms with Crippen molar-refractivity contribution in [2.24, 2.45) is 5.92 Å². The number of nitrogens with zero attached hydrogens (tertiary/aromatic N) is 2. The normalized spacial score (nSPS) is 16.4. The lowest BCUT2D eigenvalue weighted by Crippen LogP contribution is -2.20. The van der Waals surface area contributed by atoms with Crippen molar-refractivity contribution >= 4 is 23.3 Å². The van der Waals surface area contributed by atoms with E-state index in [1.807, 2.05) is 11.8 Å². The van der Waals surface area contributed by atoms with Gasteiger partial charge in [-0.3, -0.25) is 0 Å². The van der Waals surface area contributed by atoms with Crippen LogP contribution in [-0.4, -0.2) is 23.0 Å². The van der Waals surface area contributed by atoms with Gasteiger partial charge in [-0.05, 0) is 36.3 Å². The fourth-order valence-electron chi connectivity index (χ4n) is 1.90. The molecule has 0 unspecified atom stereocenters. The molecule has 2 rings (SSSR count). The number of anilines is 2. The zero-order valence-electron chi connectivity index (χ0n) is 9.65. The van der Waals surface area contributed by atoms with Crippen LogP contribution in [0.15, 0.2) is 12.3 Å². The molecule has 17 heavy (non-hydrogen) atoms. The van der Waals surface area contributed by atoms with Crippen molar-refractivity contribution in [1.29, 1.82) is 5.26 Å². The molecule has 0 spiro atoms. The molecule has 0 aliphatic carbocycles. The first kappa shape index (κ1) is 12.1. The second-order valence-corrected chi connectivity index (χ2v) is 5.39. The molecule has 4 nitrogen and oxygen atoms in total. The van der Waals surface area contributed by atoms with Crippen molar-refractivity contribution < 1.29 is 0 Å². The third-order valence-electron chi connectivity index (χ3n) is 3.01. The summed E-state index contributed by atoms with van der Waals surface area (Å²) in [5, 5.41) is 12.1. The molecule has 1 aliphatic rings. The van der Waals surface area contributed by atoms with Crippen LogP contribution in [0.25, 0.3) is 0 Å². The molecule has 1 saturated heterocycles. The van der Waals surface area contributed by atoms with Gasteiger partial charge in [-0.2, -0.15) is 17.0 Å². The molecule has 0 bridgehead atoms. The Kier molecular flexibility index (Phi) is 4.10. The van der Waals surface area contributed by atoms with Gasteiger partial charge < -0.3 is 11.1 Å². The molecule has 0 aromatic carbocycles. The maximum atomic E-state index is 8.87. The van der Waals surface area contributed by atoms with E-state index in [1.165, 1.54) is 24.3 Å². The minimum atomic E-state index is 0.459. The summed E-state index contributed by atoms with van der Waals surface area (Å²) >= 11 is 2.02. The van der Waals surface area contributed by atoms with E-state index in [4.69, 9.17) is 11.0 Å². The molecular formula is C12H16N4S. The van der Waals surface area contributed by atoms with Crippen LogP contribution in [0.2, 0.25) is 0 Å².